The lowest BCUT2D eigenvalue weighted by Gasteiger charge is -1.98. The third-order valence-electron chi connectivity index (χ3n) is 2.20. The molecule has 0 aliphatic rings. The summed E-state index contributed by atoms with van der Waals surface area (Å²) in [6, 6.07) is 6.16. The summed E-state index contributed by atoms with van der Waals surface area (Å²) in [7, 11) is 0. The molecule has 0 amide bonds. The summed E-state index contributed by atoms with van der Waals surface area (Å²) in [6.45, 7) is 0.132. The number of rotatable bonds is 4. The Morgan fingerprint density at radius 2 is 2.25 bits per heavy atom. The van der Waals surface area contributed by atoms with Crippen LogP contribution in [0.3, 0.4) is 0 Å². The summed E-state index contributed by atoms with van der Waals surface area (Å²) < 4.78 is 14.5. The van der Waals surface area contributed by atoms with Crippen LogP contribution in [0.2, 0.25) is 0 Å². The molecule has 0 aliphatic heterocycles. The minimum Gasteiger partial charge on any atom is -0.396 e. The van der Waals surface area contributed by atoms with E-state index in [4.69, 9.17) is 5.11 Å². The highest BCUT2D eigenvalue weighted by molar-refractivity contribution is 5.30. The third-order valence-corrected chi connectivity index (χ3v) is 2.20. The molecule has 1 N–H and O–H groups in total. The molecular weight excluding hydrogens is 209 g/mol. The predicted octanol–water partition coefficient (Wildman–Crippen LogP) is 1.33. The number of nitrogens with zero attached hydrogens (tertiary/aromatic N) is 3. The standard InChI is InChI=1S/C11H12FN3O/c12-9-3-1-5-11(7-9)15-8-10(13-14-15)4-2-6-16/h1,3,5,7-8,16H,2,4,6H2. The Kier molecular flexibility index (Phi) is 3.26. The minimum atomic E-state index is -0.301. The number of aromatic nitrogens is 3. The molecule has 0 radical (unpaired) electrons. The zero-order valence-corrected chi connectivity index (χ0v) is 8.67. The normalized spacial score (nSPS) is 10.6. The van der Waals surface area contributed by atoms with Gasteiger partial charge in [-0.05, 0) is 31.0 Å². The van der Waals surface area contributed by atoms with Crippen LogP contribution in [0.4, 0.5) is 4.39 Å². The number of aliphatic hydroxyl groups excluding tert-OH is 1. The molecule has 0 saturated heterocycles. The van der Waals surface area contributed by atoms with Gasteiger partial charge in [0.15, 0.2) is 0 Å². The van der Waals surface area contributed by atoms with Crippen molar-refractivity contribution in [1.29, 1.82) is 0 Å². The van der Waals surface area contributed by atoms with Gasteiger partial charge in [0.05, 0.1) is 17.6 Å². The van der Waals surface area contributed by atoms with E-state index in [1.807, 2.05) is 0 Å². The van der Waals surface area contributed by atoms with Crippen molar-refractivity contribution < 1.29 is 9.50 Å². The fourth-order valence-corrected chi connectivity index (χ4v) is 1.42. The van der Waals surface area contributed by atoms with Crippen molar-refractivity contribution in [2.24, 2.45) is 0 Å². The van der Waals surface area contributed by atoms with Crippen molar-refractivity contribution in [3.8, 4) is 5.69 Å². The van der Waals surface area contributed by atoms with E-state index in [1.54, 1.807) is 18.3 Å². The first-order valence-corrected chi connectivity index (χ1v) is 5.07. The molecule has 4 nitrogen and oxygen atoms in total. The molecule has 0 aliphatic carbocycles. The van der Waals surface area contributed by atoms with Crippen molar-refractivity contribution in [3.05, 3.63) is 42.0 Å². The molecule has 84 valence electrons. The van der Waals surface area contributed by atoms with Crippen molar-refractivity contribution in [2.75, 3.05) is 6.61 Å². The summed E-state index contributed by atoms with van der Waals surface area (Å²) in [5.41, 5.74) is 1.43. The first kappa shape index (κ1) is 10.8. The number of halogens is 1. The molecule has 0 fully saturated rings. The number of hydrogen-bond acceptors (Lipinski definition) is 3. The molecule has 0 saturated carbocycles. The lowest BCUT2D eigenvalue weighted by atomic mass is 10.2. The highest BCUT2D eigenvalue weighted by Crippen LogP contribution is 2.09. The molecule has 1 aromatic carbocycles. The maximum Gasteiger partial charge on any atom is 0.125 e. The van der Waals surface area contributed by atoms with Crippen molar-refractivity contribution in [1.82, 2.24) is 15.0 Å². The first-order chi connectivity index (χ1) is 7.79. The van der Waals surface area contributed by atoms with Crippen LogP contribution >= 0.6 is 0 Å². The molecule has 2 aromatic rings. The SMILES string of the molecule is OCCCc1cn(-c2cccc(F)c2)nn1. The van der Waals surface area contributed by atoms with E-state index in [9.17, 15) is 4.39 Å². The Hall–Kier alpha value is -1.75. The Morgan fingerprint density at radius 1 is 1.38 bits per heavy atom. The second-order valence-corrected chi connectivity index (χ2v) is 3.46. The van der Waals surface area contributed by atoms with Gasteiger partial charge in [-0.25, -0.2) is 9.07 Å². The Bertz CT molecular complexity index is 470. The van der Waals surface area contributed by atoms with Crippen LogP contribution in [0, 0.1) is 5.82 Å². The lowest BCUT2D eigenvalue weighted by molar-refractivity contribution is 0.288. The van der Waals surface area contributed by atoms with Gasteiger partial charge in [0.25, 0.3) is 0 Å². The zero-order chi connectivity index (χ0) is 11.4. The molecule has 16 heavy (non-hydrogen) atoms. The Labute approximate surface area is 92.3 Å². The van der Waals surface area contributed by atoms with E-state index in [0.29, 0.717) is 18.5 Å². The minimum absolute atomic E-state index is 0.132. The number of aryl methyl sites for hydroxylation is 1. The van der Waals surface area contributed by atoms with E-state index in [-0.39, 0.29) is 12.4 Å². The fourth-order valence-electron chi connectivity index (χ4n) is 1.42. The van der Waals surface area contributed by atoms with Crippen molar-refractivity contribution >= 4 is 0 Å². The van der Waals surface area contributed by atoms with Crippen LogP contribution in [0.5, 0.6) is 0 Å². The van der Waals surface area contributed by atoms with Crippen LogP contribution in [0.25, 0.3) is 5.69 Å². The van der Waals surface area contributed by atoms with Crippen molar-refractivity contribution in [2.45, 2.75) is 12.8 Å². The quantitative estimate of drug-likeness (QED) is 0.847. The van der Waals surface area contributed by atoms with Gasteiger partial charge in [0, 0.05) is 6.61 Å². The van der Waals surface area contributed by atoms with E-state index >= 15 is 0 Å². The van der Waals surface area contributed by atoms with Gasteiger partial charge < -0.3 is 5.11 Å². The Balaban J connectivity index is 2.18. The van der Waals surface area contributed by atoms with Gasteiger partial charge in [0.2, 0.25) is 0 Å². The Morgan fingerprint density at radius 3 is 3.00 bits per heavy atom. The van der Waals surface area contributed by atoms with Crippen LogP contribution in [0.1, 0.15) is 12.1 Å². The lowest BCUT2D eigenvalue weighted by Crippen LogP contribution is -1.94. The summed E-state index contributed by atoms with van der Waals surface area (Å²) in [4.78, 5) is 0. The summed E-state index contributed by atoms with van der Waals surface area (Å²) in [5.74, 6) is -0.301. The summed E-state index contributed by atoms with van der Waals surface area (Å²) in [6.07, 6.45) is 3.07. The fraction of sp³-hybridized carbons (Fsp3) is 0.273. The van der Waals surface area contributed by atoms with E-state index in [2.05, 4.69) is 10.3 Å². The van der Waals surface area contributed by atoms with E-state index in [0.717, 1.165) is 5.69 Å². The highest BCUT2D eigenvalue weighted by atomic mass is 19.1. The van der Waals surface area contributed by atoms with Gasteiger partial charge in [-0.15, -0.1) is 5.10 Å². The van der Waals surface area contributed by atoms with E-state index < -0.39 is 0 Å². The average molecular weight is 221 g/mol. The summed E-state index contributed by atoms with van der Waals surface area (Å²) >= 11 is 0. The van der Waals surface area contributed by atoms with Gasteiger partial charge >= 0.3 is 0 Å². The molecule has 0 spiro atoms. The zero-order valence-electron chi connectivity index (χ0n) is 8.67. The topological polar surface area (TPSA) is 50.9 Å². The molecule has 0 unspecified atom stereocenters. The van der Waals surface area contributed by atoms with Gasteiger partial charge in [-0.1, -0.05) is 11.3 Å². The predicted molar refractivity (Wildman–Crippen MR) is 56.7 cm³/mol. The maximum absolute atomic E-state index is 13.0. The molecule has 0 bridgehead atoms. The smallest absolute Gasteiger partial charge is 0.125 e. The van der Waals surface area contributed by atoms with E-state index in [1.165, 1.54) is 16.8 Å². The largest absolute Gasteiger partial charge is 0.396 e. The van der Waals surface area contributed by atoms with Crippen LogP contribution in [0.15, 0.2) is 30.5 Å². The van der Waals surface area contributed by atoms with Gasteiger partial charge in [-0.3, -0.25) is 0 Å². The second kappa shape index (κ2) is 4.85. The number of aliphatic hydroxyl groups is 1. The van der Waals surface area contributed by atoms with Gasteiger partial charge in [0.1, 0.15) is 5.82 Å². The van der Waals surface area contributed by atoms with Crippen LogP contribution < -0.4 is 0 Å². The summed E-state index contributed by atoms with van der Waals surface area (Å²) in [5, 5.41) is 16.5. The monoisotopic (exact) mass is 221 g/mol. The molecule has 5 heteroatoms. The molecule has 0 atom stereocenters. The van der Waals surface area contributed by atoms with Crippen LogP contribution in [-0.2, 0) is 6.42 Å². The number of hydrogen-bond donors (Lipinski definition) is 1. The maximum atomic E-state index is 13.0. The molecule has 1 aromatic heterocycles. The number of benzene rings is 1. The average Bonchev–Trinajstić information content (AvgIpc) is 2.75. The molecule has 1 heterocycles. The second-order valence-electron chi connectivity index (χ2n) is 3.46. The van der Waals surface area contributed by atoms with Crippen molar-refractivity contribution in [3.63, 3.8) is 0 Å². The van der Waals surface area contributed by atoms with Gasteiger partial charge in [-0.2, -0.15) is 0 Å². The molecular formula is C11H12FN3O. The first-order valence-electron chi connectivity index (χ1n) is 5.07. The highest BCUT2D eigenvalue weighted by Gasteiger charge is 2.03. The molecule has 2 rings (SSSR count). The third kappa shape index (κ3) is 2.43. The van der Waals surface area contributed by atoms with Crippen LogP contribution in [-0.4, -0.2) is 26.7 Å².